The summed E-state index contributed by atoms with van der Waals surface area (Å²) in [5, 5.41) is 3.02. The number of methoxy groups -OCH3 is 1. The van der Waals surface area contributed by atoms with Crippen molar-refractivity contribution in [2.75, 3.05) is 26.8 Å². The zero-order valence-electron chi connectivity index (χ0n) is 26.1. The average Bonchev–Trinajstić information content (AvgIpc) is 3.02. The molecule has 1 atom stereocenters. The van der Waals surface area contributed by atoms with Gasteiger partial charge in [-0.3, -0.25) is 9.59 Å². The van der Waals surface area contributed by atoms with E-state index in [4.69, 9.17) is 9.47 Å². The van der Waals surface area contributed by atoms with Crippen molar-refractivity contribution in [3.05, 3.63) is 95.6 Å². The highest BCUT2D eigenvalue weighted by Gasteiger charge is 2.30. The SMILES string of the molecule is CCNS(=O)(=O)c1ccc(CCC(=O)N(Cc2ccc(OC)cc2)[C@H](Cc2ccccc2)C(=O)NCCCOC(C)C)cc1. The number of nitrogens with zero attached hydrogens (tertiary/aromatic N) is 1. The van der Waals surface area contributed by atoms with Gasteiger partial charge in [0.1, 0.15) is 11.8 Å². The van der Waals surface area contributed by atoms with Gasteiger partial charge in [-0.25, -0.2) is 13.1 Å². The van der Waals surface area contributed by atoms with Gasteiger partial charge < -0.3 is 19.7 Å². The minimum absolute atomic E-state index is 0.114. The van der Waals surface area contributed by atoms with Gasteiger partial charge in [0.2, 0.25) is 21.8 Å². The van der Waals surface area contributed by atoms with Gasteiger partial charge in [-0.1, -0.05) is 61.5 Å². The van der Waals surface area contributed by atoms with Gasteiger partial charge in [-0.05, 0) is 67.6 Å². The molecule has 3 aromatic carbocycles. The Hall–Kier alpha value is -3.73. The van der Waals surface area contributed by atoms with E-state index in [1.54, 1.807) is 43.2 Å². The number of rotatable bonds is 18. The van der Waals surface area contributed by atoms with Crippen molar-refractivity contribution in [3.63, 3.8) is 0 Å². The second-order valence-electron chi connectivity index (χ2n) is 10.8. The number of carbonyl (C=O) groups excluding carboxylic acids is 2. The van der Waals surface area contributed by atoms with Crippen LogP contribution in [0.25, 0.3) is 0 Å². The highest BCUT2D eigenvalue weighted by Crippen LogP contribution is 2.19. The standard InChI is InChI=1S/C34H45N3O6S/c1-5-36-44(40,41)31-19-14-27(15-20-31)16-21-33(38)37(25-29-12-17-30(42-4)18-13-29)32(24-28-10-7-6-8-11-28)34(39)35-22-9-23-43-26(2)3/h6-8,10-15,17-20,26,32,36H,5,9,16,21-25H2,1-4H3,(H,35,39)/t32-/m1/s1. The first kappa shape index (κ1) is 34.8. The van der Waals surface area contributed by atoms with Crippen molar-refractivity contribution < 1.29 is 27.5 Å². The van der Waals surface area contributed by atoms with Crippen LogP contribution < -0.4 is 14.8 Å². The van der Waals surface area contributed by atoms with Gasteiger partial charge >= 0.3 is 0 Å². The molecule has 0 aliphatic heterocycles. The minimum Gasteiger partial charge on any atom is -0.497 e. The summed E-state index contributed by atoms with van der Waals surface area (Å²) in [6.45, 7) is 7.17. The van der Waals surface area contributed by atoms with Crippen LogP contribution in [0, 0.1) is 0 Å². The van der Waals surface area contributed by atoms with Crippen LogP contribution in [-0.4, -0.2) is 64.1 Å². The first-order valence-corrected chi connectivity index (χ1v) is 16.6. The first-order valence-electron chi connectivity index (χ1n) is 15.1. The summed E-state index contributed by atoms with van der Waals surface area (Å²) in [5.41, 5.74) is 2.64. The van der Waals surface area contributed by atoms with E-state index >= 15 is 0 Å². The molecule has 2 amide bonds. The lowest BCUT2D eigenvalue weighted by Crippen LogP contribution is -2.50. The number of sulfonamides is 1. The predicted octanol–water partition coefficient (Wildman–Crippen LogP) is 4.50. The molecular formula is C34H45N3O6S. The lowest BCUT2D eigenvalue weighted by molar-refractivity contribution is -0.141. The lowest BCUT2D eigenvalue weighted by atomic mass is 10.0. The largest absolute Gasteiger partial charge is 0.497 e. The summed E-state index contributed by atoms with van der Waals surface area (Å²) in [4.78, 5) is 29.5. The van der Waals surface area contributed by atoms with E-state index in [1.807, 2.05) is 68.4 Å². The molecule has 3 rings (SSSR count). The molecular weight excluding hydrogens is 578 g/mol. The number of carbonyl (C=O) groups is 2. The van der Waals surface area contributed by atoms with E-state index in [0.29, 0.717) is 44.7 Å². The maximum Gasteiger partial charge on any atom is 0.243 e. The highest BCUT2D eigenvalue weighted by molar-refractivity contribution is 7.89. The molecule has 44 heavy (non-hydrogen) atoms. The summed E-state index contributed by atoms with van der Waals surface area (Å²) in [5.74, 6) is 0.302. The van der Waals surface area contributed by atoms with Crippen molar-refractivity contribution in [3.8, 4) is 5.75 Å². The third-order valence-corrected chi connectivity index (χ3v) is 8.61. The normalized spacial score (nSPS) is 12.1. The Bertz CT molecular complexity index is 1410. The molecule has 9 nitrogen and oxygen atoms in total. The number of ether oxygens (including phenoxy) is 2. The first-order chi connectivity index (χ1) is 21.1. The quantitative estimate of drug-likeness (QED) is 0.202. The number of benzene rings is 3. The van der Waals surface area contributed by atoms with Crippen LogP contribution in [0.5, 0.6) is 5.75 Å². The van der Waals surface area contributed by atoms with Gasteiger partial charge in [-0.15, -0.1) is 0 Å². The van der Waals surface area contributed by atoms with Crippen LogP contribution >= 0.6 is 0 Å². The summed E-state index contributed by atoms with van der Waals surface area (Å²) < 4.78 is 38.0. The molecule has 0 radical (unpaired) electrons. The van der Waals surface area contributed by atoms with Gasteiger partial charge in [0, 0.05) is 39.1 Å². The van der Waals surface area contributed by atoms with Gasteiger partial charge in [0.15, 0.2) is 0 Å². The van der Waals surface area contributed by atoms with Gasteiger partial charge in [-0.2, -0.15) is 0 Å². The molecule has 0 saturated heterocycles. The monoisotopic (exact) mass is 623 g/mol. The van der Waals surface area contributed by atoms with E-state index in [9.17, 15) is 18.0 Å². The molecule has 0 fully saturated rings. The predicted molar refractivity (Wildman–Crippen MR) is 172 cm³/mol. The van der Waals surface area contributed by atoms with E-state index in [2.05, 4.69) is 10.0 Å². The maximum atomic E-state index is 13.9. The fourth-order valence-corrected chi connectivity index (χ4v) is 5.75. The third kappa shape index (κ3) is 11.1. The van der Waals surface area contributed by atoms with Crippen LogP contribution in [0.15, 0.2) is 83.8 Å². The van der Waals surface area contributed by atoms with E-state index in [0.717, 1.165) is 16.7 Å². The van der Waals surface area contributed by atoms with E-state index in [1.165, 1.54) is 0 Å². The van der Waals surface area contributed by atoms with Crippen LogP contribution in [0.1, 0.15) is 50.3 Å². The van der Waals surface area contributed by atoms with Crippen LogP contribution in [-0.2, 0) is 43.7 Å². The van der Waals surface area contributed by atoms with Crippen LogP contribution in [0.2, 0.25) is 0 Å². The molecule has 0 aliphatic rings. The van der Waals surface area contributed by atoms with Gasteiger partial charge in [0.25, 0.3) is 0 Å². The summed E-state index contributed by atoms with van der Waals surface area (Å²) in [6.07, 6.45) is 1.67. The van der Waals surface area contributed by atoms with Crippen LogP contribution in [0.4, 0.5) is 0 Å². The molecule has 0 aliphatic carbocycles. The molecule has 0 bridgehead atoms. The Kier molecular flexibility index (Phi) is 13.9. The Labute approximate surface area is 262 Å². The second-order valence-corrected chi connectivity index (χ2v) is 12.6. The molecule has 0 aromatic heterocycles. The van der Waals surface area contributed by atoms with Crippen molar-refractivity contribution in [1.29, 1.82) is 0 Å². The average molecular weight is 624 g/mol. The molecule has 238 valence electrons. The Balaban J connectivity index is 1.84. The van der Waals surface area contributed by atoms with Crippen molar-refractivity contribution in [2.24, 2.45) is 0 Å². The molecule has 0 spiro atoms. The third-order valence-electron chi connectivity index (χ3n) is 7.05. The maximum absolute atomic E-state index is 13.9. The molecule has 10 heteroatoms. The Morgan fingerprint density at radius 1 is 0.886 bits per heavy atom. The van der Waals surface area contributed by atoms with Crippen molar-refractivity contribution in [1.82, 2.24) is 14.9 Å². The molecule has 2 N–H and O–H groups in total. The zero-order valence-corrected chi connectivity index (χ0v) is 26.9. The smallest absolute Gasteiger partial charge is 0.243 e. The summed E-state index contributed by atoms with van der Waals surface area (Å²) in [6, 6.07) is 22.9. The molecule has 0 heterocycles. The van der Waals surface area contributed by atoms with Crippen LogP contribution in [0.3, 0.4) is 0 Å². The molecule has 3 aromatic rings. The Morgan fingerprint density at radius 2 is 1.55 bits per heavy atom. The fourth-order valence-electron chi connectivity index (χ4n) is 4.71. The summed E-state index contributed by atoms with van der Waals surface area (Å²) in [7, 11) is -1.97. The number of hydrogen-bond acceptors (Lipinski definition) is 6. The Morgan fingerprint density at radius 3 is 2.16 bits per heavy atom. The summed E-state index contributed by atoms with van der Waals surface area (Å²) >= 11 is 0. The topological polar surface area (TPSA) is 114 Å². The molecule has 0 unspecified atom stereocenters. The van der Waals surface area contributed by atoms with E-state index in [-0.39, 0.29) is 35.8 Å². The molecule has 0 saturated carbocycles. The van der Waals surface area contributed by atoms with Gasteiger partial charge in [0.05, 0.1) is 18.1 Å². The zero-order chi connectivity index (χ0) is 32.0. The van der Waals surface area contributed by atoms with Crippen molar-refractivity contribution in [2.45, 2.75) is 70.0 Å². The van der Waals surface area contributed by atoms with Crippen molar-refractivity contribution >= 4 is 21.8 Å². The highest BCUT2D eigenvalue weighted by atomic mass is 32.2. The number of nitrogens with one attached hydrogen (secondary N) is 2. The minimum atomic E-state index is -3.56. The van der Waals surface area contributed by atoms with E-state index < -0.39 is 16.1 Å². The lowest BCUT2D eigenvalue weighted by Gasteiger charge is -2.32. The number of amides is 2. The second kappa shape index (κ2) is 17.5. The number of hydrogen-bond donors (Lipinski definition) is 2. The fraction of sp³-hybridized carbons (Fsp3) is 0.412. The number of aryl methyl sites for hydroxylation is 1.